The van der Waals surface area contributed by atoms with Crippen molar-refractivity contribution >= 4 is 17.6 Å². The number of carbonyl (C=O) groups is 2. The van der Waals surface area contributed by atoms with E-state index in [0.717, 1.165) is 12.8 Å². The molecule has 19 heavy (non-hydrogen) atoms. The van der Waals surface area contributed by atoms with Crippen molar-refractivity contribution in [2.75, 3.05) is 6.54 Å². The molecule has 1 aromatic heterocycles. The van der Waals surface area contributed by atoms with E-state index in [-0.39, 0.29) is 30.4 Å². The van der Waals surface area contributed by atoms with Gasteiger partial charge in [0.1, 0.15) is 5.69 Å². The molecule has 1 amide bonds. The van der Waals surface area contributed by atoms with Gasteiger partial charge in [0, 0.05) is 18.7 Å². The Bertz CT molecular complexity index is 532. The molecule has 0 saturated heterocycles. The van der Waals surface area contributed by atoms with Crippen LogP contribution in [0.4, 0.5) is 5.69 Å². The maximum atomic E-state index is 11.9. The van der Waals surface area contributed by atoms with Gasteiger partial charge in [-0.25, -0.2) is 0 Å². The summed E-state index contributed by atoms with van der Waals surface area (Å²) < 4.78 is 1.59. The van der Waals surface area contributed by atoms with Crippen molar-refractivity contribution in [2.45, 2.75) is 25.3 Å². The fourth-order valence-electron chi connectivity index (χ4n) is 1.77. The second kappa shape index (κ2) is 5.09. The molecule has 102 valence electrons. The molecule has 0 aliphatic heterocycles. The Morgan fingerprint density at radius 2 is 2.21 bits per heavy atom. The molecule has 2 N–H and O–H groups in total. The summed E-state index contributed by atoms with van der Waals surface area (Å²) >= 11 is 0. The van der Waals surface area contributed by atoms with Gasteiger partial charge in [-0.15, -0.1) is 0 Å². The summed E-state index contributed by atoms with van der Waals surface area (Å²) in [6.45, 7) is -0.00217. The average molecular weight is 267 g/mol. The van der Waals surface area contributed by atoms with E-state index in [4.69, 9.17) is 5.11 Å². The number of carboxylic acids is 1. The number of nitrogens with one attached hydrogen (secondary N) is 1. The molecule has 8 heteroatoms. The van der Waals surface area contributed by atoms with Gasteiger partial charge in [-0.05, 0) is 12.8 Å². The summed E-state index contributed by atoms with van der Waals surface area (Å²) in [6, 6.07) is 1.35. The molecule has 0 radical (unpaired) electrons. The highest BCUT2D eigenvalue weighted by molar-refractivity contribution is 5.93. The predicted octanol–water partition coefficient (Wildman–Crippen LogP) is 0.936. The largest absolute Gasteiger partial charge is 0.481 e. The highest BCUT2D eigenvalue weighted by atomic mass is 16.6. The van der Waals surface area contributed by atoms with Gasteiger partial charge in [-0.1, -0.05) is 0 Å². The quantitative estimate of drug-likeness (QED) is 0.588. The zero-order valence-electron chi connectivity index (χ0n) is 10.0. The topological polar surface area (TPSA) is 114 Å². The second-order valence-corrected chi connectivity index (χ2v) is 4.38. The van der Waals surface area contributed by atoms with E-state index in [9.17, 15) is 19.7 Å². The zero-order chi connectivity index (χ0) is 14.0. The molecule has 1 fully saturated rings. The smallest absolute Gasteiger partial charge is 0.305 e. The van der Waals surface area contributed by atoms with Crippen molar-refractivity contribution in [3.8, 4) is 0 Å². The van der Waals surface area contributed by atoms with Crippen LogP contribution in [-0.2, 0) is 4.79 Å². The number of aliphatic carboxylic acids is 1. The summed E-state index contributed by atoms with van der Waals surface area (Å²) in [5, 5.41) is 21.6. The lowest BCUT2D eigenvalue weighted by Crippen LogP contribution is -2.27. The molecule has 0 atom stereocenters. The summed E-state index contributed by atoms with van der Waals surface area (Å²) in [6.07, 6.45) is 2.95. The van der Waals surface area contributed by atoms with Crippen LogP contribution in [0.2, 0.25) is 0 Å². The summed E-state index contributed by atoms with van der Waals surface area (Å²) in [5.74, 6) is -1.50. The maximum absolute atomic E-state index is 11.9. The van der Waals surface area contributed by atoms with Crippen molar-refractivity contribution in [2.24, 2.45) is 0 Å². The lowest BCUT2D eigenvalue weighted by Gasteiger charge is -2.06. The number of carbonyl (C=O) groups excluding carboxylic acids is 1. The molecule has 1 heterocycles. The van der Waals surface area contributed by atoms with Crippen LogP contribution in [0.15, 0.2) is 12.3 Å². The molecular formula is C11H13N3O5. The fraction of sp³-hybridized carbons (Fsp3) is 0.455. The van der Waals surface area contributed by atoms with Crippen LogP contribution in [0, 0.1) is 10.1 Å². The highest BCUT2D eigenvalue weighted by Crippen LogP contribution is 2.37. The molecular weight excluding hydrogens is 254 g/mol. The van der Waals surface area contributed by atoms with Crippen molar-refractivity contribution < 1.29 is 19.6 Å². The molecule has 1 aliphatic carbocycles. The van der Waals surface area contributed by atoms with E-state index in [1.165, 1.54) is 12.3 Å². The number of aromatic nitrogens is 1. The monoisotopic (exact) mass is 267 g/mol. The van der Waals surface area contributed by atoms with Crippen LogP contribution in [0.1, 0.15) is 35.8 Å². The SMILES string of the molecule is O=C(O)CCNC(=O)c1cc([N+](=O)[O-])cn1C1CC1. The zero-order valence-corrected chi connectivity index (χ0v) is 10.0. The van der Waals surface area contributed by atoms with Crippen LogP contribution in [0.5, 0.6) is 0 Å². The molecule has 0 spiro atoms. The van der Waals surface area contributed by atoms with E-state index < -0.39 is 16.8 Å². The molecule has 8 nitrogen and oxygen atoms in total. The van der Waals surface area contributed by atoms with Gasteiger partial charge >= 0.3 is 5.97 Å². The number of nitrogens with zero attached hydrogens (tertiary/aromatic N) is 2. The lowest BCUT2D eigenvalue weighted by atomic mass is 10.3. The van der Waals surface area contributed by atoms with Crippen molar-refractivity contribution in [3.63, 3.8) is 0 Å². The normalized spacial score (nSPS) is 14.1. The Hall–Kier alpha value is -2.38. The number of amides is 1. The van der Waals surface area contributed by atoms with Gasteiger partial charge in [0.2, 0.25) is 0 Å². The van der Waals surface area contributed by atoms with E-state index in [1.807, 2.05) is 0 Å². The Labute approximate surface area is 108 Å². The van der Waals surface area contributed by atoms with Crippen molar-refractivity contribution in [1.29, 1.82) is 0 Å². The minimum absolute atomic E-state index is 0.00217. The number of nitro groups is 1. The number of carboxylic acid groups (broad SMARTS) is 1. The molecule has 2 rings (SSSR count). The van der Waals surface area contributed by atoms with E-state index in [2.05, 4.69) is 5.32 Å². The van der Waals surface area contributed by atoms with Crippen LogP contribution < -0.4 is 5.32 Å². The maximum Gasteiger partial charge on any atom is 0.305 e. The van der Waals surface area contributed by atoms with Gasteiger partial charge in [-0.2, -0.15) is 0 Å². The van der Waals surface area contributed by atoms with Gasteiger partial charge in [0.25, 0.3) is 11.6 Å². The average Bonchev–Trinajstić information content (AvgIpc) is 3.07. The fourth-order valence-corrected chi connectivity index (χ4v) is 1.77. The van der Waals surface area contributed by atoms with E-state index in [1.54, 1.807) is 4.57 Å². The summed E-state index contributed by atoms with van der Waals surface area (Å²) in [5.41, 5.74) is 0.0786. The Kier molecular flexibility index (Phi) is 3.50. The number of hydrogen-bond donors (Lipinski definition) is 2. The Morgan fingerprint density at radius 3 is 2.74 bits per heavy atom. The molecule has 0 aromatic carbocycles. The van der Waals surface area contributed by atoms with Crippen LogP contribution in [-0.4, -0.2) is 33.0 Å². The molecule has 1 aliphatic rings. The highest BCUT2D eigenvalue weighted by Gasteiger charge is 2.30. The van der Waals surface area contributed by atoms with Gasteiger partial charge in [-0.3, -0.25) is 19.7 Å². The summed E-state index contributed by atoms with van der Waals surface area (Å²) in [7, 11) is 0. The Morgan fingerprint density at radius 1 is 1.53 bits per heavy atom. The molecule has 0 unspecified atom stereocenters. The minimum Gasteiger partial charge on any atom is -0.481 e. The number of rotatable bonds is 6. The molecule has 0 bridgehead atoms. The standard InChI is InChI=1S/C11H13N3O5/c15-10(16)3-4-12-11(17)9-5-8(14(18)19)6-13(9)7-1-2-7/h5-7H,1-4H2,(H,12,17)(H,15,16). The van der Waals surface area contributed by atoms with E-state index >= 15 is 0 Å². The van der Waals surface area contributed by atoms with Crippen molar-refractivity contribution in [1.82, 2.24) is 9.88 Å². The second-order valence-electron chi connectivity index (χ2n) is 4.38. The third kappa shape index (κ3) is 3.09. The molecule has 1 saturated carbocycles. The van der Waals surface area contributed by atoms with Gasteiger partial charge in [0.05, 0.1) is 17.5 Å². The van der Waals surface area contributed by atoms with Crippen molar-refractivity contribution in [3.05, 3.63) is 28.1 Å². The van der Waals surface area contributed by atoms with Crippen LogP contribution in [0.25, 0.3) is 0 Å². The van der Waals surface area contributed by atoms with Crippen LogP contribution in [0.3, 0.4) is 0 Å². The van der Waals surface area contributed by atoms with Gasteiger partial charge < -0.3 is 15.0 Å². The predicted molar refractivity (Wildman–Crippen MR) is 63.9 cm³/mol. The number of hydrogen-bond acceptors (Lipinski definition) is 4. The minimum atomic E-state index is -1.01. The van der Waals surface area contributed by atoms with Crippen LogP contribution >= 0.6 is 0 Å². The first-order valence-electron chi connectivity index (χ1n) is 5.85. The lowest BCUT2D eigenvalue weighted by molar-refractivity contribution is -0.384. The van der Waals surface area contributed by atoms with Gasteiger partial charge in [0.15, 0.2) is 0 Å². The first-order chi connectivity index (χ1) is 8.99. The van der Waals surface area contributed by atoms with E-state index in [0.29, 0.717) is 0 Å². The third-order valence-electron chi connectivity index (χ3n) is 2.84. The summed E-state index contributed by atoms with van der Waals surface area (Å²) in [4.78, 5) is 32.4. The Balaban J connectivity index is 2.11. The molecule has 1 aromatic rings. The third-order valence-corrected chi connectivity index (χ3v) is 2.84. The first kappa shape index (κ1) is 13.1. The first-order valence-corrected chi connectivity index (χ1v) is 5.85.